The SMILES string of the molecule is N#CCCN(Cc1sccc1C#CCO)c1ccccc1. The van der Waals surface area contributed by atoms with Gasteiger partial charge in [0.15, 0.2) is 0 Å². The van der Waals surface area contributed by atoms with E-state index in [1.807, 2.05) is 41.8 Å². The first-order valence-corrected chi connectivity index (χ1v) is 7.56. The molecule has 2 aromatic rings. The van der Waals surface area contributed by atoms with Crippen molar-refractivity contribution in [3.63, 3.8) is 0 Å². The average Bonchev–Trinajstić information content (AvgIpc) is 2.97. The van der Waals surface area contributed by atoms with Gasteiger partial charge in [0.1, 0.15) is 6.61 Å². The lowest BCUT2D eigenvalue weighted by Gasteiger charge is -2.23. The van der Waals surface area contributed by atoms with Crippen molar-refractivity contribution in [2.45, 2.75) is 13.0 Å². The first-order valence-electron chi connectivity index (χ1n) is 6.68. The van der Waals surface area contributed by atoms with Crippen molar-refractivity contribution in [3.8, 4) is 17.9 Å². The molecule has 0 unspecified atom stereocenters. The Morgan fingerprint density at radius 3 is 2.71 bits per heavy atom. The van der Waals surface area contributed by atoms with Crippen LogP contribution >= 0.6 is 11.3 Å². The molecule has 0 spiro atoms. The van der Waals surface area contributed by atoms with Gasteiger partial charge >= 0.3 is 0 Å². The molecule has 3 nitrogen and oxygen atoms in total. The maximum atomic E-state index is 8.83. The second-order valence-electron chi connectivity index (χ2n) is 4.38. The standard InChI is InChI=1S/C17H16N2OS/c18-10-5-11-19(16-7-2-1-3-8-16)14-17-15(6-4-12-20)9-13-21-17/h1-3,7-9,13,20H,5,11-12,14H2. The van der Waals surface area contributed by atoms with Crippen LogP contribution in [0, 0.1) is 23.2 Å². The monoisotopic (exact) mass is 296 g/mol. The van der Waals surface area contributed by atoms with Gasteiger partial charge in [-0.15, -0.1) is 11.3 Å². The van der Waals surface area contributed by atoms with E-state index in [-0.39, 0.29) is 6.61 Å². The minimum Gasteiger partial charge on any atom is -0.384 e. The van der Waals surface area contributed by atoms with Crippen LogP contribution in [0.25, 0.3) is 0 Å². The molecule has 0 bridgehead atoms. The fourth-order valence-corrected chi connectivity index (χ4v) is 2.85. The fraction of sp³-hybridized carbons (Fsp3) is 0.235. The van der Waals surface area contributed by atoms with Crippen LogP contribution in [0.5, 0.6) is 0 Å². The van der Waals surface area contributed by atoms with Crippen LogP contribution in [-0.4, -0.2) is 18.3 Å². The smallest absolute Gasteiger partial charge is 0.104 e. The maximum absolute atomic E-state index is 8.83. The predicted molar refractivity (Wildman–Crippen MR) is 86.0 cm³/mol. The molecule has 1 N–H and O–H groups in total. The zero-order valence-corrected chi connectivity index (χ0v) is 12.4. The van der Waals surface area contributed by atoms with Gasteiger partial charge in [-0.1, -0.05) is 30.0 Å². The maximum Gasteiger partial charge on any atom is 0.104 e. The molecule has 0 saturated heterocycles. The summed E-state index contributed by atoms with van der Waals surface area (Å²) in [7, 11) is 0. The van der Waals surface area contributed by atoms with E-state index in [1.165, 1.54) is 0 Å². The minimum absolute atomic E-state index is 0.133. The normalized spacial score (nSPS) is 9.52. The second-order valence-corrected chi connectivity index (χ2v) is 5.38. The van der Waals surface area contributed by atoms with Crippen molar-refractivity contribution >= 4 is 17.0 Å². The van der Waals surface area contributed by atoms with Crippen molar-refractivity contribution in [3.05, 3.63) is 52.2 Å². The number of hydrogen-bond donors (Lipinski definition) is 1. The average molecular weight is 296 g/mol. The molecule has 0 aliphatic carbocycles. The first-order chi connectivity index (χ1) is 10.3. The predicted octanol–water partition coefficient (Wildman–Crippen LogP) is 3.01. The zero-order valence-electron chi connectivity index (χ0n) is 11.6. The summed E-state index contributed by atoms with van der Waals surface area (Å²) in [5, 5.41) is 19.7. The lowest BCUT2D eigenvalue weighted by atomic mass is 10.2. The Labute approximate surface area is 129 Å². The van der Waals surface area contributed by atoms with Gasteiger partial charge in [0, 0.05) is 22.7 Å². The van der Waals surface area contributed by atoms with Crippen molar-refractivity contribution in [1.29, 1.82) is 5.26 Å². The third kappa shape index (κ3) is 4.36. The van der Waals surface area contributed by atoms with E-state index < -0.39 is 0 Å². The molecule has 0 saturated carbocycles. The number of rotatable bonds is 5. The number of aliphatic hydroxyl groups excluding tert-OH is 1. The quantitative estimate of drug-likeness (QED) is 0.863. The molecular weight excluding hydrogens is 280 g/mol. The van der Waals surface area contributed by atoms with E-state index in [4.69, 9.17) is 10.4 Å². The molecule has 106 valence electrons. The van der Waals surface area contributed by atoms with E-state index >= 15 is 0 Å². The van der Waals surface area contributed by atoms with Gasteiger partial charge in [0.05, 0.1) is 19.0 Å². The third-order valence-electron chi connectivity index (χ3n) is 3.00. The van der Waals surface area contributed by atoms with Crippen LogP contribution in [-0.2, 0) is 6.54 Å². The number of hydrogen-bond acceptors (Lipinski definition) is 4. The molecule has 21 heavy (non-hydrogen) atoms. The molecule has 0 radical (unpaired) electrons. The van der Waals surface area contributed by atoms with Crippen LogP contribution in [0.15, 0.2) is 41.8 Å². The summed E-state index contributed by atoms with van der Waals surface area (Å²) >= 11 is 1.65. The third-order valence-corrected chi connectivity index (χ3v) is 3.90. The zero-order chi connectivity index (χ0) is 14.9. The Kier molecular flexibility index (Phi) is 5.84. The van der Waals surface area contributed by atoms with E-state index in [0.29, 0.717) is 13.0 Å². The van der Waals surface area contributed by atoms with Crippen molar-refractivity contribution in [1.82, 2.24) is 0 Å². The topological polar surface area (TPSA) is 47.3 Å². The highest BCUT2D eigenvalue weighted by molar-refractivity contribution is 7.10. The molecular formula is C17H16N2OS. The van der Waals surface area contributed by atoms with Gasteiger partial charge in [-0.2, -0.15) is 5.26 Å². The molecule has 1 aromatic carbocycles. The van der Waals surface area contributed by atoms with E-state index in [0.717, 1.165) is 22.7 Å². The van der Waals surface area contributed by atoms with Gasteiger partial charge in [-0.3, -0.25) is 0 Å². The van der Waals surface area contributed by atoms with Gasteiger partial charge < -0.3 is 10.0 Å². The van der Waals surface area contributed by atoms with E-state index in [2.05, 4.69) is 22.8 Å². The highest BCUT2D eigenvalue weighted by Gasteiger charge is 2.10. The van der Waals surface area contributed by atoms with Gasteiger partial charge in [-0.05, 0) is 23.6 Å². The molecule has 2 rings (SSSR count). The van der Waals surface area contributed by atoms with Crippen LogP contribution in [0.4, 0.5) is 5.69 Å². The first kappa shape index (κ1) is 15.1. The minimum atomic E-state index is -0.133. The summed E-state index contributed by atoms with van der Waals surface area (Å²) in [4.78, 5) is 3.33. The molecule has 0 atom stereocenters. The van der Waals surface area contributed by atoms with Gasteiger partial charge in [-0.25, -0.2) is 0 Å². The van der Waals surface area contributed by atoms with Crippen molar-refractivity contribution in [2.24, 2.45) is 0 Å². The Bertz CT molecular complexity index is 661. The summed E-state index contributed by atoms with van der Waals surface area (Å²) in [6.07, 6.45) is 0.484. The van der Waals surface area contributed by atoms with Gasteiger partial charge in [0.2, 0.25) is 0 Å². The number of nitriles is 1. The highest BCUT2D eigenvalue weighted by atomic mass is 32.1. The number of nitrogens with zero attached hydrogens (tertiary/aromatic N) is 2. The second kappa shape index (κ2) is 8.11. The lowest BCUT2D eigenvalue weighted by molar-refractivity contribution is 0.350. The Hall–Kier alpha value is -2.27. The van der Waals surface area contributed by atoms with Crippen molar-refractivity contribution < 1.29 is 5.11 Å². The van der Waals surface area contributed by atoms with Crippen LogP contribution < -0.4 is 4.90 Å². The van der Waals surface area contributed by atoms with Crippen LogP contribution in [0.2, 0.25) is 0 Å². The number of thiophene rings is 1. The Morgan fingerprint density at radius 2 is 2.00 bits per heavy atom. The molecule has 1 aromatic heterocycles. The summed E-state index contributed by atoms with van der Waals surface area (Å²) < 4.78 is 0. The molecule has 0 fully saturated rings. The fourth-order valence-electron chi connectivity index (χ4n) is 2.01. The van der Waals surface area contributed by atoms with E-state index in [9.17, 15) is 0 Å². The lowest BCUT2D eigenvalue weighted by Crippen LogP contribution is -2.23. The Morgan fingerprint density at radius 1 is 1.19 bits per heavy atom. The van der Waals surface area contributed by atoms with Gasteiger partial charge in [0.25, 0.3) is 0 Å². The highest BCUT2D eigenvalue weighted by Crippen LogP contribution is 2.22. The summed E-state index contributed by atoms with van der Waals surface area (Å²) in [6, 6.07) is 14.2. The molecule has 0 aliphatic heterocycles. The number of benzene rings is 1. The number of para-hydroxylation sites is 1. The van der Waals surface area contributed by atoms with Crippen LogP contribution in [0.1, 0.15) is 16.9 Å². The number of aliphatic hydroxyl groups is 1. The van der Waals surface area contributed by atoms with Crippen molar-refractivity contribution in [2.75, 3.05) is 18.1 Å². The van der Waals surface area contributed by atoms with E-state index in [1.54, 1.807) is 11.3 Å². The number of anilines is 1. The molecule has 0 amide bonds. The summed E-state index contributed by atoms with van der Waals surface area (Å²) in [5.74, 6) is 5.66. The Balaban J connectivity index is 2.20. The summed E-state index contributed by atoms with van der Waals surface area (Å²) in [6.45, 7) is 1.27. The molecule has 1 heterocycles. The molecule has 0 aliphatic rings. The van der Waals surface area contributed by atoms with Crippen LogP contribution in [0.3, 0.4) is 0 Å². The molecule has 4 heteroatoms. The summed E-state index contributed by atoms with van der Waals surface area (Å²) in [5.41, 5.74) is 2.05. The largest absolute Gasteiger partial charge is 0.384 e.